The van der Waals surface area contributed by atoms with E-state index in [1.165, 1.54) is 4.31 Å². The van der Waals surface area contributed by atoms with Gasteiger partial charge in [-0.05, 0) is 63.8 Å². The monoisotopic (exact) mass is 498 g/mol. The van der Waals surface area contributed by atoms with Gasteiger partial charge in [-0.3, -0.25) is 14.1 Å². The second-order valence-electron chi connectivity index (χ2n) is 7.00. The van der Waals surface area contributed by atoms with Crippen LogP contribution in [-0.2, 0) is 27.7 Å². The minimum absolute atomic E-state index is 0.125. The summed E-state index contributed by atoms with van der Waals surface area (Å²) in [6.07, 6.45) is 6.42. The number of benzene rings is 2. The van der Waals surface area contributed by atoms with E-state index in [0.29, 0.717) is 29.4 Å². The molecular formula is C24H23BrN2O3S. The number of rotatable bonds is 10. The van der Waals surface area contributed by atoms with Gasteiger partial charge in [0.15, 0.2) is 0 Å². The largest absolute Gasteiger partial charge is 0.299 e. The Morgan fingerprint density at radius 1 is 1.03 bits per heavy atom. The number of hydrogen-bond acceptors (Lipinski definition) is 4. The summed E-state index contributed by atoms with van der Waals surface area (Å²) in [6, 6.07) is 17.6. The molecule has 0 aliphatic rings. The van der Waals surface area contributed by atoms with E-state index in [1.807, 2.05) is 12.1 Å². The van der Waals surface area contributed by atoms with Gasteiger partial charge in [-0.15, -0.1) is 6.58 Å². The number of ketones is 1. The molecular weight excluding hydrogens is 476 g/mol. The predicted molar refractivity (Wildman–Crippen MR) is 127 cm³/mol. The van der Waals surface area contributed by atoms with Gasteiger partial charge in [0.05, 0.1) is 12.2 Å². The molecule has 0 saturated heterocycles. The molecule has 5 nitrogen and oxygen atoms in total. The van der Waals surface area contributed by atoms with Gasteiger partial charge < -0.3 is 0 Å². The maximum Gasteiger partial charge on any atom is 0.265 e. The number of aromatic nitrogens is 1. The molecule has 0 unspecified atom stereocenters. The van der Waals surface area contributed by atoms with Crippen LogP contribution in [0.2, 0.25) is 0 Å². The van der Waals surface area contributed by atoms with Gasteiger partial charge in [0.1, 0.15) is 10.7 Å². The second-order valence-corrected chi connectivity index (χ2v) is 9.68. The van der Waals surface area contributed by atoms with Crippen molar-refractivity contribution in [2.24, 2.45) is 0 Å². The number of anilines is 1. The van der Waals surface area contributed by atoms with Crippen molar-refractivity contribution in [1.82, 2.24) is 4.98 Å². The zero-order valence-corrected chi connectivity index (χ0v) is 19.3. The molecule has 1 aromatic heterocycles. The third-order valence-corrected chi connectivity index (χ3v) is 7.55. The van der Waals surface area contributed by atoms with E-state index < -0.39 is 10.0 Å². The summed E-state index contributed by atoms with van der Waals surface area (Å²) in [4.78, 5) is 16.6. The summed E-state index contributed by atoms with van der Waals surface area (Å²) in [7, 11) is -3.78. The Kier molecular flexibility index (Phi) is 7.76. The number of nitrogens with zero attached hydrogens (tertiary/aromatic N) is 2. The van der Waals surface area contributed by atoms with Gasteiger partial charge in [0, 0.05) is 29.7 Å². The van der Waals surface area contributed by atoms with E-state index in [-0.39, 0.29) is 17.2 Å². The zero-order valence-electron chi connectivity index (χ0n) is 16.9. The van der Waals surface area contributed by atoms with Gasteiger partial charge in [-0.2, -0.15) is 0 Å². The summed E-state index contributed by atoms with van der Waals surface area (Å²) in [6.45, 7) is 3.82. The quantitative estimate of drug-likeness (QED) is 0.370. The van der Waals surface area contributed by atoms with Crippen LogP contribution in [0.5, 0.6) is 0 Å². The molecule has 31 heavy (non-hydrogen) atoms. The highest BCUT2D eigenvalue weighted by Crippen LogP contribution is 2.29. The number of halogens is 1. The first kappa shape index (κ1) is 22.9. The van der Waals surface area contributed by atoms with Crippen molar-refractivity contribution >= 4 is 37.4 Å². The lowest BCUT2D eigenvalue weighted by atomic mass is 10.0. The highest BCUT2D eigenvalue weighted by molar-refractivity contribution is 9.10. The molecule has 3 aromatic rings. The van der Waals surface area contributed by atoms with Gasteiger partial charge in [-0.25, -0.2) is 8.42 Å². The fourth-order valence-electron chi connectivity index (χ4n) is 3.16. The average molecular weight is 499 g/mol. The summed E-state index contributed by atoms with van der Waals surface area (Å²) in [5.74, 6) is 0.125. The summed E-state index contributed by atoms with van der Waals surface area (Å²) in [5.41, 5.74) is 2.39. The molecule has 3 rings (SSSR count). The van der Waals surface area contributed by atoms with E-state index in [9.17, 15) is 13.2 Å². The lowest BCUT2D eigenvalue weighted by Gasteiger charge is -2.24. The average Bonchev–Trinajstić information content (AvgIpc) is 2.77. The molecule has 0 aliphatic heterocycles. The van der Waals surface area contributed by atoms with Crippen LogP contribution in [0.3, 0.4) is 0 Å². The third-order valence-electron chi connectivity index (χ3n) is 4.74. The molecule has 0 radical (unpaired) electrons. The summed E-state index contributed by atoms with van der Waals surface area (Å²) < 4.78 is 28.2. The van der Waals surface area contributed by atoms with E-state index in [2.05, 4.69) is 27.5 Å². The Morgan fingerprint density at radius 3 is 2.42 bits per heavy atom. The van der Waals surface area contributed by atoms with Crippen molar-refractivity contribution < 1.29 is 13.2 Å². The van der Waals surface area contributed by atoms with Crippen LogP contribution in [0.25, 0.3) is 0 Å². The second kappa shape index (κ2) is 10.5. The minimum Gasteiger partial charge on any atom is -0.299 e. The molecule has 0 bridgehead atoms. The van der Waals surface area contributed by atoms with Crippen LogP contribution >= 0.6 is 15.9 Å². The van der Waals surface area contributed by atoms with Gasteiger partial charge in [0.2, 0.25) is 0 Å². The molecule has 0 saturated carbocycles. The standard InChI is InChI=1S/C24H23BrN2O3S/c1-2-16-27(31(29,30)24-8-4-3-7-23(24)25)21-12-9-19(10-13-21)17-22(28)14-11-20-6-5-15-26-18-20/h2-10,12-13,15,18H,1,11,14,16-17H2. The molecule has 2 aromatic carbocycles. The number of Topliss-reactive ketones (excluding diaryl/α,β-unsaturated/α-hetero) is 1. The lowest BCUT2D eigenvalue weighted by molar-refractivity contribution is -0.118. The number of pyridine rings is 1. The van der Waals surface area contributed by atoms with Crippen molar-refractivity contribution in [3.05, 3.63) is 101 Å². The number of carbonyl (C=O) groups is 1. The van der Waals surface area contributed by atoms with Gasteiger partial charge in [-0.1, -0.05) is 36.4 Å². The number of carbonyl (C=O) groups excluding carboxylic acids is 1. The molecule has 0 atom stereocenters. The fourth-order valence-corrected chi connectivity index (χ4v) is 5.56. The van der Waals surface area contributed by atoms with Crippen molar-refractivity contribution in [2.45, 2.75) is 24.2 Å². The normalized spacial score (nSPS) is 11.1. The molecule has 0 aliphatic carbocycles. The predicted octanol–water partition coefficient (Wildman–Crippen LogP) is 4.97. The molecule has 0 N–H and O–H groups in total. The number of aryl methyl sites for hydroxylation is 1. The first-order valence-corrected chi connectivity index (χ1v) is 12.0. The number of hydrogen-bond donors (Lipinski definition) is 0. The third kappa shape index (κ3) is 5.89. The van der Waals surface area contributed by atoms with E-state index in [4.69, 9.17) is 0 Å². The first-order chi connectivity index (χ1) is 14.9. The van der Waals surface area contributed by atoms with E-state index in [0.717, 1.165) is 11.1 Å². The molecule has 160 valence electrons. The molecule has 0 fully saturated rings. The van der Waals surface area contributed by atoms with Crippen LogP contribution in [0.4, 0.5) is 5.69 Å². The van der Waals surface area contributed by atoms with Crippen LogP contribution in [0.15, 0.2) is 95.1 Å². The Bertz CT molecular complexity index is 1150. The Morgan fingerprint density at radius 2 is 1.77 bits per heavy atom. The van der Waals surface area contributed by atoms with Crippen molar-refractivity contribution in [3.8, 4) is 0 Å². The minimum atomic E-state index is -3.78. The summed E-state index contributed by atoms with van der Waals surface area (Å²) in [5, 5.41) is 0. The number of sulfonamides is 1. The molecule has 0 amide bonds. The Hall–Kier alpha value is -2.77. The first-order valence-electron chi connectivity index (χ1n) is 9.79. The van der Waals surface area contributed by atoms with Crippen molar-refractivity contribution in [2.75, 3.05) is 10.8 Å². The van der Waals surface area contributed by atoms with Crippen molar-refractivity contribution in [1.29, 1.82) is 0 Å². The van der Waals surface area contributed by atoms with E-state index >= 15 is 0 Å². The topological polar surface area (TPSA) is 67.3 Å². The van der Waals surface area contributed by atoms with Crippen molar-refractivity contribution in [3.63, 3.8) is 0 Å². The molecule has 1 heterocycles. The summed E-state index contributed by atoms with van der Waals surface area (Å²) >= 11 is 3.32. The van der Waals surface area contributed by atoms with Gasteiger partial charge in [0.25, 0.3) is 10.0 Å². The van der Waals surface area contributed by atoms with Crippen LogP contribution in [-0.4, -0.2) is 25.7 Å². The smallest absolute Gasteiger partial charge is 0.265 e. The van der Waals surface area contributed by atoms with Crippen LogP contribution < -0.4 is 4.31 Å². The Labute approximate surface area is 191 Å². The fraction of sp³-hybridized carbons (Fsp3) is 0.167. The Balaban J connectivity index is 1.72. The van der Waals surface area contributed by atoms with E-state index in [1.54, 1.807) is 67.0 Å². The van der Waals surface area contributed by atoms with Crippen LogP contribution in [0, 0.1) is 0 Å². The zero-order chi connectivity index (χ0) is 22.3. The molecule has 0 spiro atoms. The SMILES string of the molecule is C=CCN(c1ccc(CC(=O)CCc2cccnc2)cc1)S(=O)(=O)c1ccccc1Br. The van der Waals surface area contributed by atoms with Crippen LogP contribution in [0.1, 0.15) is 17.5 Å². The highest BCUT2D eigenvalue weighted by atomic mass is 79.9. The highest BCUT2D eigenvalue weighted by Gasteiger charge is 2.26. The van der Waals surface area contributed by atoms with Gasteiger partial charge >= 0.3 is 0 Å². The lowest BCUT2D eigenvalue weighted by Crippen LogP contribution is -2.31. The maximum absolute atomic E-state index is 13.2. The molecule has 7 heteroatoms. The maximum atomic E-state index is 13.2.